The summed E-state index contributed by atoms with van der Waals surface area (Å²) >= 11 is 5.83. The molecule has 3 aromatic rings. The number of methoxy groups -OCH3 is 1. The zero-order valence-corrected chi connectivity index (χ0v) is 15.5. The molecule has 2 aromatic carbocycles. The molecule has 0 aliphatic heterocycles. The van der Waals surface area contributed by atoms with Crippen LogP contribution in [0.25, 0.3) is 10.8 Å². The van der Waals surface area contributed by atoms with Gasteiger partial charge in [0.05, 0.1) is 12.0 Å². The molecule has 0 saturated carbocycles. The van der Waals surface area contributed by atoms with Crippen LogP contribution in [0.4, 0.5) is 5.69 Å². The second-order valence-corrected chi connectivity index (χ2v) is 6.30. The van der Waals surface area contributed by atoms with Crippen molar-refractivity contribution in [2.45, 2.75) is 6.54 Å². The van der Waals surface area contributed by atoms with Gasteiger partial charge in [0.1, 0.15) is 5.75 Å². The minimum absolute atomic E-state index is 0.124. The average molecular weight is 387 g/mol. The third-order valence-corrected chi connectivity index (χ3v) is 4.25. The molecular weight excluding hydrogens is 368 g/mol. The Morgan fingerprint density at radius 2 is 1.89 bits per heavy atom. The summed E-state index contributed by atoms with van der Waals surface area (Å²) in [6.45, 7) is 0.751. The molecule has 6 nitrogen and oxygen atoms in total. The van der Waals surface area contributed by atoms with Gasteiger partial charge in [-0.25, -0.2) is 0 Å². The minimum atomic E-state index is -0.303. The highest BCUT2D eigenvalue weighted by atomic mass is 35.5. The van der Waals surface area contributed by atoms with Crippen LogP contribution in [0, 0.1) is 0 Å². The lowest BCUT2D eigenvalue weighted by molar-refractivity contribution is -0.118. The number of fused-ring (bicyclic) bond motifs is 1. The Balaban J connectivity index is 1.73. The van der Waals surface area contributed by atoms with Crippen molar-refractivity contribution in [2.24, 2.45) is 0 Å². The maximum atomic E-state index is 12.6. The fourth-order valence-electron chi connectivity index (χ4n) is 2.65. The standard InChI is InChI=1S/C20H19ClN2O4/c1-26-12-11-23-10-9-16-17(20(23)25)3-2-4-18(16)27-13-19(24)22-15-7-5-14(21)6-8-15/h2-10H,11-13H2,1H3,(H,22,24). The van der Waals surface area contributed by atoms with E-state index in [4.69, 9.17) is 21.1 Å². The van der Waals surface area contributed by atoms with Crippen molar-refractivity contribution in [1.29, 1.82) is 0 Å². The first kappa shape index (κ1) is 18.9. The third kappa shape index (κ3) is 4.67. The second-order valence-electron chi connectivity index (χ2n) is 5.87. The number of halogens is 1. The third-order valence-electron chi connectivity index (χ3n) is 4.00. The highest BCUT2D eigenvalue weighted by molar-refractivity contribution is 6.30. The number of nitrogens with one attached hydrogen (secondary N) is 1. The lowest BCUT2D eigenvalue weighted by Crippen LogP contribution is -2.22. The highest BCUT2D eigenvalue weighted by Gasteiger charge is 2.09. The molecule has 0 spiro atoms. The zero-order chi connectivity index (χ0) is 19.2. The van der Waals surface area contributed by atoms with Gasteiger partial charge in [0, 0.05) is 35.9 Å². The van der Waals surface area contributed by atoms with Crippen molar-refractivity contribution >= 4 is 34.0 Å². The van der Waals surface area contributed by atoms with Crippen molar-refractivity contribution in [2.75, 3.05) is 25.6 Å². The van der Waals surface area contributed by atoms with E-state index in [1.165, 1.54) is 0 Å². The second kappa shape index (κ2) is 8.70. The summed E-state index contributed by atoms with van der Waals surface area (Å²) in [5.41, 5.74) is 0.507. The number of hydrogen-bond acceptors (Lipinski definition) is 4. The first-order valence-electron chi connectivity index (χ1n) is 8.38. The van der Waals surface area contributed by atoms with Crippen LogP contribution in [0.1, 0.15) is 0 Å². The van der Waals surface area contributed by atoms with Gasteiger partial charge in [-0.15, -0.1) is 0 Å². The topological polar surface area (TPSA) is 69.6 Å². The number of nitrogens with zero attached hydrogens (tertiary/aromatic N) is 1. The number of hydrogen-bond donors (Lipinski definition) is 1. The van der Waals surface area contributed by atoms with E-state index in [9.17, 15) is 9.59 Å². The molecule has 0 radical (unpaired) electrons. The molecule has 0 fully saturated rings. The Morgan fingerprint density at radius 1 is 1.11 bits per heavy atom. The summed E-state index contributed by atoms with van der Waals surface area (Å²) in [5, 5.41) is 4.52. The van der Waals surface area contributed by atoms with E-state index in [2.05, 4.69) is 5.32 Å². The number of aromatic nitrogens is 1. The molecule has 0 aliphatic carbocycles. The number of carbonyl (C=O) groups is 1. The van der Waals surface area contributed by atoms with Gasteiger partial charge in [-0.3, -0.25) is 9.59 Å². The van der Waals surface area contributed by atoms with Crippen LogP contribution in [0.3, 0.4) is 0 Å². The molecule has 3 rings (SSSR count). The van der Waals surface area contributed by atoms with E-state index in [1.54, 1.807) is 66.4 Å². The van der Waals surface area contributed by atoms with Crippen LogP contribution in [-0.2, 0) is 16.1 Å². The lowest BCUT2D eigenvalue weighted by atomic mass is 10.1. The number of benzene rings is 2. The molecule has 0 bridgehead atoms. The van der Waals surface area contributed by atoms with E-state index >= 15 is 0 Å². The fraction of sp³-hybridized carbons (Fsp3) is 0.200. The average Bonchev–Trinajstić information content (AvgIpc) is 2.68. The lowest BCUT2D eigenvalue weighted by Gasteiger charge is -2.11. The summed E-state index contributed by atoms with van der Waals surface area (Å²) in [6, 6.07) is 13.8. The summed E-state index contributed by atoms with van der Waals surface area (Å²) in [4.78, 5) is 24.7. The quantitative estimate of drug-likeness (QED) is 0.676. The van der Waals surface area contributed by atoms with Crippen LogP contribution in [-0.4, -0.2) is 30.8 Å². The van der Waals surface area contributed by atoms with Crippen LogP contribution < -0.4 is 15.6 Å². The van der Waals surface area contributed by atoms with Crippen molar-refractivity contribution in [1.82, 2.24) is 4.57 Å². The predicted octanol–water partition coefficient (Wildman–Crippen LogP) is 3.32. The van der Waals surface area contributed by atoms with Crippen molar-refractivity contribution < 1.29 is 14.3 Å². The maximum absolute atomic E-state index is 12.6. The van der Waals surface area contributed by atoms with Gasteiger partial charge < -0.3 is 19.4 Å². The summed E-state index contributed by atoms with van der Waals surface area (Å²) in [7, 11) is 1.59. The van der Waals surface area contributed by atoms with Gasteiger partial charge in [0.2, 0.25) is 0 Å². The molecule has 0 unspecified atom stereocenters. The Labute approximate surface area is 161 Å². The summed E-state index contributed by atoms with van der Waals surface area (Å²) in [5.74, 6) is 0.178. The molecule has 0 atom stereocenters. The van der Waals surface area contributed by atoms with E-state index < -0.39 is 0 Å². The van der Waals surface area contributed by atoms with Crippen LogP contribution in [0.2, 0.25) is 5.02 Å². The van der Waals surface area contributed by atoms with Crippen molar-refractivity contribution in [3.63, 3.8) is 0 Å². The number of anilines is 1. The van der Waals surface area contributed by atoms with E-state index in [0.29, 0.717) is 40.4 Å². The SMILES string of the molecule is COCCn1ccc2c(OCC(=O)Nc3ccc(Cl)cc3)cccc2c1=O. The van der Waals surface area contributed by atoms with Gasteiger partial charge >= 0.3 is 0 Å². The molecule has 0 aliphatic rings. The largest absolute Gasteiger partial charge is 0.483 e. The predicted molar refractivity (Wildman–Crippen MR) is 106 cm³/mol. The van der Waals surface area contributed by atoms with Gasteiger partial charge in [-0.05, 0) is 42.5 Å². The zero-order valence-electron chi connectivity index (χ0n) is 14.8. The van der Waals surface area contributed by atoms with E-state index in [-0.39, 0.29) is 18.1 Å². The number of carbonyl (C=O) groups excluding carboxylic acids is 1. The number of rotatable bonds is 7. The number of pyridine rings is 1. The molecule has 1 N–H and O–H groups in total. The monoisotopic (exact) mass is 386 g/mol. The van der Waals surface area contributed by atoms with Crippen molar-refractivity contribution in [3.8, 4) is 5.75 Å². The van der Waals surface area contributed by atoms with E-state index in [0.717, 1.165) is 0 Å². The number of amides is 1. The van der Waals surface area contributed by atoms with Crippen LogP contribution in [0.15, 0.2) is 59.5 Å². The molecule has 0 saturated heterocycles. The smallest absolute Gasteiger partial charge is 0.262 e. The molecule has 27 heavy (non-hydrogen) atoms. The minimum Gasteiger partial charge on any atom is -0.483 e. The first-order valence-corrected chi connectivity index (χ1v) is 8.75. The van der Waals surface area contributed by atoms with Gasteiger partial charge in [0.15, 0.2) is 6.61 Å². The molecular formula is C20H19ClN2O4. The van der Waals surface area contributed by atoms with Crippen LogP contribution in [0.5, 0.6) is 5.75 Å². The normalized spacial score (nSPS) is 10.7. The molecule has 1 heterocycles. The number of ether oxygens (including phenoxy) is 2. The maximum Gasteiger partial charge on any atom is 0.262 e. The summed E-state index contributed by atoms with van der Waals surface area (Å²) < 4.78 is 12.2. The molecule has 1 amide bonds. The van der Waals surface area contributed by atoms with Crippen molar-refractivity contribution in [3.05, 3.63) is 70.1 Å². The molecule has 140 valence electrons. The van der Waals surface area contributed by atoms with Gasteiger partial charge in [-0.2, -0.15) is 0 Å². The van der Waals surface area contributed by atoms with E-state index in [1.807, 2.05) is 0 Å². The molecule has 1 aromatic heterocycles. The fourth-order valence-corrected chi connectivity index (χ4v) is 2.78. The van der Waals surface area contributed by atoms with Crippen LogP contribution >= 0.6 is 11.6 Å². The Morgan fingerprint density at radius 3 is 2.63 bits per heavy atom. The first-order chi connectivity index (χ1) is 13.1. The Bertz CT molecular complexity index is 999. The van der Waals surface area contributed by atoms with Gasteiger partial charge in [0.25, 0.3) is 11.5 Å². The summed E-state index contributed by atoms with van der Waals surface area (Å²) in [6.07, 6.45) is 1.70. The highest BCUT2D eigenvalue weighted by Crippen LogP contribution is 2.23. The van der Waals surface area contributed by atoms with Gasteiger partial charge in [-0.1, -0.05) is 17.7 Å². The molecule has 7 heteroatoms. The Kier molecular flexibility index (Phi) is 6.11. The Hall–Kier alpha value is -2.83.